The first-order chi connectivity index (χ1) is 13.7. The van der Waals surface area contributed by atoms with Gasteiger partial charge in [-0.2, -0.15) is 0 Å². The molecule has 0 radical (unpaired) electrons. The number of esters is 2. The Labute approximate surface area is 168 Å². The molecule has 0 N–H and O–H groups in total. The standard InChI is InChI=1S/C23H33NO4/c25-22(27-18-20-7-3-1-4-8-20)12-11-19-13-15-24(16-14-19)17-23(26)28-21-9-5-2-6-10-21/h1,3-4,7-8,19,21H,2,5-6,9-18H2. The van der Waals surface area contributed by atoms with Crippen LogP contribution >= 0.6 is 0 Å². The van der Waals surface area contributed by atoms with E-state index >= 15 is 0 Å². The van der Waals surface area contributed by atoms with Crippen molar-refractivity contribution in [1.29, 1.82) is 0 Å². The zero-order chi connectivity index (χ0) is 19.6. The van der Waals surface area contributed by atoms with Crippen LogP contribution in [0.25, 0.3) is 0 Å². The Bertz CT molecular complexity index is 604. The summed E-state index contributed by atoms with van der Waals surface area (Å²) in [6.07, 6.45) is 9.21. The van der Waals surface area contributed by atoms with Crippen LogP contribution in [-0.2, 0) is 25.7 Å². The highest BCUT2D eigenvalue weighted by Crippen LogP contribution is 2.23. The zero-order valence-electron chi connectivity index (χ0n) is 16.8. The molecule has 28 heavy (non-hydrogen) atoms. The van der Waals surface area contributed by atoms with Crippen molar-refractivity contribution in [1.82, 2.24) is 4.90 Å². The number of carbonyl (C=O) groups excluding carboxylic acids is 2. The normalized spacial score (nSPS) is 19.3. The monoisotopic (exact) mass is 387 g/mol. The minimum atomic E-state index is -0.123. The topological polar surface area (TPSA) is 55.8 Å². The Kier molecular flexibility index (Phi) is 8.34. The summed E-state index contributed by atoms with van der Waals surface area (Å²) < 4.78 is 11.0. The van der Waals surface area contributed by atoms with Crippen LogP contribution in [0.15, 0.2) is 30.3 Å². The van der Waals surface area contributed by atoms with Crippen LogP contribution in [-0.4, -0.2) is 42.6 Å². The van der Waals surface area contributed by atoms with Crippen LogP contribution in [0.5, 0.6) is 0 Å². The SMILES string of the molecule is O=C(CCC1CCN(CC(=O)OC2CCCCC2)CC1)OCc1ccccc1. The predicted molar refractivity (Wildman–Crippen MR) is 108 cm³/mol. The van der Waals surface area contributed by atoms with Gasteiger partial charge in [0.2, 0.25) is 0 Å². The largest absolute Gasteiger partial charge is 0.461 e. The van der Waals surface area contributed by atoms with E-state index in [1.807, 2.05) is 30.3 Å². The minimum Gasteiger partial charge on any atom is -0.461 e. The number of nitrogens with zero attached hydrogens (tertiary/aromatic N) is 1. The van der Waals surface area contributed by atoms with Gasteiger partial charge in [-0.1, -0.05) is 36.8 Å². The van der Waals surface area contributed by atoms with Gasteiger partial charge in [0.25, 0.3) is 0 Å². The molecular formula is C23H33NO4. The highest BCUT2D eigenvalue weighted by atomic mass is 16.5. The molecule has 2 aliphatic rings. The van der Waals surface area contributed by atoms with Crippen molar-refractivity contribution in [3.05, 3.63) is 35.9 Å². The van der Waals surface area contributed by atoms with Crippen LogP contribution in [0, 0.1) is 5.92 Å². The van der Waals surface area contributed by atoms with Gasteiger partial charge in [0.05, 0.1) is 6.54 Å². The van der Waals surface area contributed by atoms with E-state index in [1.54, 1.807) is 0 Å². The zero-order valence-corrected chi connectivity index (χ0v) is 16.8. The molecule has 0 atom stereocenters. The number of hydrogen-bond acceptors (Lipinski definition) is 5. The van der Waals surface area contributed by atoms with Crippen molar-refractivity contribution in [2.45, 2.75) is 70.5 Å². The summed E-state index contributed by atoms with van der Waals surface area (Å²) in [5, 5.41) is 0. The van der Waals surface area contributed by atoms with E-state index in [4.69, 9.17) is 9.47 Å². The molecule has 1 aliphatic carbocycles. The first-order valence-corrected chi connectivity index (χ1v) is 10.8. The van der Waals surface area contributed by atoms with Crippen LogP contribution in [0.3, 0.4) is 0 Å². The summed E-state index contributed by atoms with van der Waals surface area (Å²) >= 11 is 0. The molecule has 154 valence electrons. The number of ether oxygens (including phenoxy) is 2. The first kappa shape index (κ1) is 20.8. The van der Waals surface area contributed by atoms with Crippen molar-refractivity contribution in [3.63, 3.8) is 0 Å². The average Bonchev–Trinajstić information content (AvgIpc) is 2.73. The van der Waals surface area contributed by atoms with E-state index in [0.717, 1.165) is 50.8 Å². The molecule has 5 heteroatoms. The molecule has 2 fully saturated rings. The maximum atomic E-state index is 12.1. The maximum Gasteiger partial charge on any atom is 0.320 e. The predicted octanol–water partition coefficient (Wildman–Crippen LogP) is 4.10. The Hall–Kier alpha value is -1.88. The Balaban J connectivity index is 1.26. The van der Waals surface area contributed by atoms with Gasteiger partial charge >= 0.3 is 11.9 Å². The van der Waals surface area contributed by atoms with Crippen molar-refractivity contribution in [2.24, 2.45) is 5.92 Å². The molecule has 0 bridgehead atoms. The lowest BCUT2D eigenvalue weighted by Crippen LogP contribution is -2.39. The fourth-order valence-electron chi connectivity index (χ4n) is 4.15. The minimum absolute atomic E-state index is 0.0742. The van der Waals surface area contributed by atoms with E-state index < -0.39 is 0 Å². The number of carbonyl (C=O) groups is 2. The number of likely N-dealkylation sites (tertiary alicyclic amines) is 1. The van der Waals surface area contributed by atoms with Gasteiger partial charge in [0, 0.05) is 6.42 Å². The second kappa shape index (κ2) is 11.2. The molecule has 3 rings (SSSR count). The van der Waals surface area contributed by atoms with E-state index in [9.17, 15) is 9.59 Å². The molecule has 5 nitrogen and oxygen atoms in total. The molecule has 1 aromatic carbocycles. The van der Waals surface area contributed by atoms with Crippen molar-refractivity contribution < 1.29 is 19.1 Å². The Morgan fingerprint density at radius 1 is 0.929 bits per heavy atom. The van der Waals surface area contributed by atoms with Gasteiger partial charge in [-0.25, -0.2) is 0 Å². The quantitative estimate of drug-likeness (QED) is 0.629. The third-order valence-electron chi connectivity index (χ3n) is 5.91. The van der Waals surface area contributed by atoms with Crippen molar-refractivity contribution >= 4 is 11.9 Å². The fraction of sp³-hybridized carbons (Fsp3) is 0.652. The first-order valence-electron chi connectivity index (χ1n) is 10.8. The van der Waals surface area contributed by atoms with Crippen molar-refractivity contribution in [2.75, 3.05) is 19.6 Å². The summed E-state index contributed by atoms with van der Waals surface area (Å²) in [5.41, 5.74) is 1.02. The highest BCUT2D eigenvalue weighted by Gasteiger charge is 2.24. The molecule has 1 saturated carbocycles. The van der Waals surface area contributed by atoms with E-state index in [1.165, 1.54) is 19.3 Å². The van der Waals surface area contributed by atoms with Crippen LogP contribution in [0.1, 0.15) is 63.4 Å². The third kappa shape index (κ3) is 7.27. The molecule has 0 spiro atoms. The summed E-state index contributed by atoms with van der Waals surface area (Å²) in [5.74, 6) is 0.340. The molecular weight excluding hydrogens is 354 g/mol. The molecule has 1 heterocycles. The van der Waals surface area contributed by atoms with Gasteiger partial charge in [-0.15, -0.1) is 0 Å². The number of benzene rings is 1. The lowest BCUT2D eigenvalue weighted by atomic mass is 9.92. The molecule has 1 saturated heterocycles. The van der Waals surface area contributed by atoms with Gasteiger partial charge in [0.15, 0.2) is 0 Å². The third-order valence-corrected chi connectivity index (χ3v) is 5.91. The van der Waals surface area contributed by atoms with Crippen LogP contribution < -0.4 is 0 Å². The molecule has 0 amide bonds. The van der Waals surface area contributed by atoms with Gasteiger partial charge < -0.3 is 9.47 Å². The Morgan fingerprint density at radius 3 is 2.36 bits per heavy atom. The summed E-state index contributed by atoms with van der Waals surface area (Å²) in [4.78, 5) is 26.3. The second-order valence-electron chi connectivity index (χ2n) is 8.15. The molecule has 1 aliphatic heterocycles. The van der Waals surface area contributed by atoms with Crippen molar-refractivity contribution in [3.8, 4) is 0 Å². The molecule has 1 aromatic rings. The van der Waals surface area contributed by atoms with Gasteiger partial charge in [0.1, 0.15) is 12.7 Å². The maximum absolute atomic E-state index is 12.1. The summed E-state index contributed by atoms with van der Waals surface area (Å²) in [6.45, 7) is 2.57. The Morgan fingerprint density at radius 2 is 1.64 bits per heavy atom. The lowest BCUT2D eigenvalue weighted by molar-refractivity contribution is -0.152. The van der Waals surface area contributed by atoms with E-state index in [0.29, 0.717) is 25.5 Å². The van der Waals surface area contributed by atoms with Gasteiger partial charge in [-0.05, 0) is 69.5 Å². The van der Waals surface area contributed by atoms with Crippen LogP contribution in [0.4, 0.5) is 0 Å². The number of rotatable bonds is 8. The lowest BCUT2D eigenvalue weighted by Gasteiger charge is -2.31. The van der Waals surface area contributed by atoms with Crippen LogP contribution in [0.2, 0.25) is 0 Å². The highest BCUT2D eigenvalue weighted by molar-refractivity contribution is 5.72. The second-order valence-corrected chi connectivity index (χ2v) is 8.15. The fourth-order valence-corrected chi connectivity index (χ4v) is 4.15. The van der Waals surface area contributed by atoms with E-state index in [-0.39, 0.29) is 18.0 Å². The number of piperidine rings is 1. The molecule has 0 unspecified atom stereocenters. The molecule has 0 aromatic heterocycles. The number of hydrogen-bond donors (Lipinski definition) is 0. The van der Waals surface area contributed by atoms with E-state index in [2.05, 4.69) is 4.90 Å². The average molecular weight is 388 g/mol. The smallest absolute Gasteiger partial charge is 0.320 e. The summed E-state index contributed by atoms with van der Waals surface area (Å²) in [7, 11) is 0. The van der Waals surface area contributed by atoms with Gasteiger partial charge in [-0.3, -0.25) is 14.5 Å². The summed E-state index contributed by atoms with van der Waals surface area (Å²) in [6, 6.07) is 9.77.